The fraction of sp³-hybridized carbons (Fsp3) is 0.0588. The van der Waals surface area contributed by atoms with Crippen molar-refractivity contribution in [2.75, 3.05) is 5.73 Å². The Morgan fingerprint density at radius 3 is 2.26 bits per heavy atom. The molecule has 0 saturated heterocycles. The maximum absolute atomic E-state index is 11.2. The van der Waals surface area contributed by atoms with E-state index >= 15 is 0 Å². The fourth-order valence-corrected chi connectivity index (χ4v) is 2.99. The van der Waals surface area contributed by atoms with Crippen molar-refractivity contribution < 1.29 is 13.0 Å². The van der Waals surface area contributed by atoms with Gasteiger partial charge in [0.05, 0.1) is 4.90 Å². The first kappa shape index (κ1) is 18.0. The molecular weight excluding hydrogens is 321 g/mol. The van der Waals surface area contributed by atoms with Crippen LogP contribution < -0.4 is 5.73 Å². The molecule has 23 heavy (non-hydrogen) atoms. The molecule has 3 aromatic rings. The van der Waals surface area contributed by atoms with Gasteiger partial charge in [0.2, 0.25) is 0 Å². The summed E-state index contributed by atoms with van der Waals surface area (Å²) in [6.07, 6.45) is 0. The average molecular weight is 337 g/mol. The Kier molecular flexibility index (Phi) is 5.18. The van der Waals surface area contributed by atoms with Crippen LogP contribution in [0.1, 0.15) is 5.56 Å². The molecule has 0 bridgehead atoms. The molecule has 0 heterocycles. The van der Waals surface area contributed by atoms with Crippen LogP contribution in [0, 0.1) is 6.92 Å². The van der Waals surface area contributed by atoms with Gasteiger partial charge in [0, 0.05) is 11.3 Å². The number of rotatable bonds is 2. The molecule has 3 N–H and O–H groups in total. The van der Waals surface area contributed by atoms with E-state index in [2.05, 4.69) is 0 Å². The second-order valence-electron chi connectivity index (χ2n) is 5.29. The molecule has 0 amide bonds. The van der Waals surface area contributed by atoms with Crippen molar-refractivity contribution in [1.29, 1.82) is 0 Å². The summed E-state index contributed by atoms with van der Waals surface area (Å²) in [5.41, 5.74) is 9.76. The molecule has 0 unspecified atom stereocenters. The van der Waals surface area contributed by atoms with Crippen LogP contribution in [0.2, 0.25) is 0 Å². The van der Waals surface area contributed by atoms with Gasteiger partial charge in [-0.3, -0.25) is 4.55 Å². The Balaban J connectivity index is 0.00000192. The number of nitrogen functional groups attached to an aromatic ring is 1. The van der Waals surface area contributed by atoms with E-state index in [1.54, 1.807) is 6.07 Å². The van der Waals surface area contributed by atoms with E-state index in [0.717, 1.165) is 27.5 Å². The van der Waals surface area contributed by atoms with Gasteiger partial charge >= 0.3 is 29.6 Å². The standard InChI is InChI=1S/C17H15NO3S.Na.H/c1-11-2-7-17(18)16(8-11)14-4-3-13-10-15(22(19,20)21)6-5-12(13)9-14;;/h2-10H,18H2,1H3,(H,19,20,21);;. The topological polar surface area (TPSA) is 80.4 Å². The van der Waals surface area contributed by atoms with Crippen molar-refractivity contribution in [3.63, 3.8) is 0 Å². The zero-order valence-corrected chi connectivity index (χ0v) is 12.8. The fourth-order valence-electron chi connectivity index (χ4n) is 2.47. The first-order valence-corrected chi connectivity index (χ1v) is 8.16. The molecule has 3 rings (SSSR count). The average Bonchev–Trinajstić information content (AvgIpc) is 2.47. The number of hydrogen-bond donors (Lipinski definition) is 2. The first-order chi connectivity index (χ1) is 10.3. The predicted octanol–water partition coefficient (Wildman–Crippen LogP) is 3.00. The first-order valence-electron chi connectivity index (χ1n) is 6.72. The monoisotopic (exact) mass is 337 g/mol. The molecule has 114 valence electrons. The van der Waals surface area contributed by atoms with Crippen LogP contribution in [-0.4, -0.2) is 42.5 Å². The summed E-state index contributed by atoms with van der Waals surface area (Å²) < 4.78 is 31.5. The third-order valence-electron chi connectivity index (χ3n) is 3.63. The zero-order chi connectivity index (χ0) is 15.9. The molecule has 0 atom stereocenters. The van der Waals surface area contributed by atoms with Gasteiger partial charge in [0.25, 0.3) is 10.1 Å². The molecule has 3 aromatic carbocycles. The van der Waals surface area contributed by atoms with Crippen LogP contribution in [0.25, 0.3) is 21.9 Å². The van der Waals surface area contributed by atoms with Crippen LogP contribution in [0.4, 0.5) is 5.69 Å². The zero-order valence-electron chi connectivity index (χ0n) is 11.9. The number of nitrogens with two attached hydrogens (primary N) is 1. The van der Waals surface area contributed by atoms with Crippen LogP contribution >= 0.6 is 0 Å². The minimum atomic E-state index is -4.19. The van der Waals surface area contributed by atoms with Gasteiger partial charge in [-0.25, -0.2) is 0 Å². The summed E-state index contributed by atoms with van der Waals surface area (Å²) >= 11 is 0. The number of benzene rings is 3. The van der Waals surface area contributed by atoms with Crippen molar-refractivity contribution >= 4 is 56.1 Å². The molecule has 0 fully saturated rings. The Labute approximate surface area is 157 Å². The molecule has 0 spiro atoms. The second kappa shape index (κ2) is 6.63. The number of hydrogen-bond acceptors (Lipinski definition) is 3. The van der Waals surface area contributed by atoms with Crippen molar-refractivity contribution in [3.05, 3.63) is 60.2 Å². The number of anilines is 1. The summed E-state index contributed by atoms with van der Waals surface area (Å²) in [6.45, 7) is 2.00. The van der Waals surface area contributed by atoms with E-state index in [1.165, 1.54) is 12.1 Å². The van der Waals surface area contributed by atoms with E-state index in [4.69, 9.17) is 10.3 Å². The van der Waals surface area contributed by atoms with Gasteiger partial charge in [-0.1, -0.05) is 29.8 Å². The van der Waals surface area contributed by atoms with Gasteiger partial charge in [-0.15, -0.1) is 0 Å². The summed E-state index contributed by atoms with van der Waals surface area (Å²) in [6, 6.07) is 16.0. The SMILES string of the molecule is Cc1ccc(N)c(-c2ccc3cc(S(=O)(=O)O)ccc3c2)c1.[NaH]. The summed E-state index contributed by atoms with van der Waals surface area (Å²) in [4.78, 5) is -0.109. The summed E-state index contributed by atoms with van der Waals surface area (Å²) in [5, 5.41) is 1.62. The third-order valence-corrected chi connectivity index (χ3v) is 4.48. The molecule has 0 aromatic heterocycles. The Bertz CT molecular complexity index is 984. The van der Waals surface area contributed by atoms with Gasteiger partial charge < -0.3 is 5.73 Å². The molecule has 0 aliphatic rings. The molecular formula is C17H16NNaO3S. The molecule has 0 radical (unpaired) electrons. The molecule has 0 saturated carbocycles. The maximum atomic E-state index is 11.2. The number of aryl methyl sites for hydroxylation is 1. The van der Waals surface area contributed by atoms with E-state index in [-0.39, 0.29) is 34.5 Å². The molecule has 4 nitrogen and oxygen atoms in total. The van der Waals surface area contributed by atoms with Gasteiger partial charge in [0.15, 0.2) is 0 Å². The molecule has 0 aliphatic carbocycles. The van der Waals surface area contributed by atoms with E-state index in [0.29, 0.717) is 5.69 Å². The summed E-state index contributed by atoms with van der Waals surface area (Å²) in [5.74, 6) is 0. The van der Waals surface area contributed by atoms with Crippen molar-refractivity contribution in [2.24, 2.45) is 0 Å². The van der Waals surface area contributed by atoms with E-state index < -0.39 is 10.1 Å². The number of fused-ring (bicyclic) bond motifs is 1. The van der Waals surface area contributed by atoms with Crippen LogP contribution in [-0.2, 0) is 10.1 Å². The van der Waals surface area contributed by atoms with Crippen LogP contribution in [0.5, 0.6) is 0 Å². The normalized spacial score (nSPS) is 11.2. The van der Waals surface area contributed by atoms with Crippen molar-refractivity contribution in [1.82, 2.24) is 0 Å². The minimum absolute atomic E-state index is 0. The van der Waals surface area contributed by atoms with E-state index in [9.17, 15) is 8.42 Å². The third kappa shape index (κ3) is 3.76. The van der Waals surface area contributed by atoms with Crippen molar-refractivity contribution in [3.8, 4) is 11.1 Å². The van der Waals surface area contributed by atoms with Gasteiger partial charge in [-0.2, -0.15) is 8.42 Å². The molecule has 6 heteroatoms. The van der Waals surface area contributed by atoms with E-state index in [1.807, 2.05) is 43.3 Å². The van der Waals surface area contributed by atoms with Gasteiger partial charge in [0.1, 0.15) is 0 Å². The van der Waals surface area contributed by atoms with Crippen LogP contribution in [0.15, 0.2) is 59.5 Å². The van der Waals surface area contributed by atoms with Crippen LogP contribution in [0.3, 0.4) is 0 Å². The Morgan fingerprint density at radius 1 is 0.913 bits per heavy atom. The van der Waals surface area contributed by atoms with Crippen molar-refractivity contribution in [2.45, 2.75) is 11.8 Å². The quantitative estimate of drug-likeness (QED) is 0.428. The Morgan fingerprint density at radius 2 is 1.57 bits per heavy atom. The Hall–Kier alpha value is -1.37. The summed E-state index contributed by atoms with van der Waals surface area (Å²) in [7, 11) is -4.19. The van der Waals surface area contributed by atoms with Gasteiger partial charge in [-0.05, 0) is 53.6 Å². The predicted molar refractivity (Wildman–Crippen MR) is 95.5 cm³/mol. The molecule has 0 aliphatic heterocycles. The second-order valence-corrected chi connectivity index (χ2v) is 6.71.